The van der Waals surface area contributed by atoms with E-state index in [-0.39, 0.29) is 0 Å². The van der Waals surface area contributed by atoms with Gasteiger partial charge in [-0.2, -0.15) is 4.39 Å². The lowest BCUT2D eigenvalue weighted by molar-refractivity contribution is 0.585. The highest BCUT2D eigenvalue weighted by Crippen LogP contribution is 2.11. The van der Waals surface area contributed by atoms with Gasteiger partial charge in [0.2, 0.25) is 5.95 Å². The van der Waals surface area contributed by atoms with Gasteiger partial charge in [0.05, 0.1) is 6.54 Å². The molecule has 2 aromatic heterocycles. The third-order valence-corrected chi connectivity index (χ3v) is 2.62. The van der Waals surface area contributed by atoms with Crippen LogP contribution in [0.3, 0.4) is 0 Å². The maximum absolute atomic E-state index is 12.7. The van der Waals surface area contributed by atoms with Crippen molar-refractivity contribution in [2.24, 2.45) is 0 Å². The summed E-state index contributed by atoms with van der Waals surface area (Å²) < 4.78 is 12.7. The Morgan fingerprint density at radius 2 is 2.21 bits per heavy atom. The first-order valence-corrected chi connectivity index (χ1v) is 5.11. The van der Waals surface area contributed by atoms with Gasteiger partial charge in [-0.1, -0.05) is 12.1 Å². The van der Waals surface area contributed by atoms with Gasteiger partial charge in [-0.05, 0) is 23.6 Å². The van der Waals surface area contributed by atoms with E-state index >= 15 is 0 Å². The molecule has 0 aliphatic carbocycles. The summed E-state index contributed by atoms with van der Waals surface area (Å²) in [6, 6.07) is 8.73. The molecule has 0 spiro atoms. The maximum Gasteiger partial charge on any atom is 0.214 e. The highest BCUT2D eigenvalue weighted by Gasteiger charge is 1.96. The molecule has 0 atom stereocenters. The van der Waals surface area contributed by atoms with Crippen LogP contribution in [0.1, 0.15) is 4.88 Å². The molecular weight excluding hydrogens is 199 g/mol. The zero-order valence-corrected chi connectivity index (χ0v) is 8.22. The fraction of sp³-hybridized carbons (Fsp3) is 0.100. The van der Waals surface area contributed by atoms with Crippen LogP contribution in [0.15, 0.2) is 35.7 Å². The number of anilines is 1. The Labute approximate surface area is 85.4 Å². The number of pyridine rings is 1. The third-order valence-electron chi connectivity index (χ3n) is 1.74. The second-order valence-corrected chi connectivity index (χ2v) is 3.81. The Morgan fingerprint density at radius 3 is 2.93 bits per heavy atom. The van der Waals surface area contributed by atoms with Crippen LogP contribution in [0.25, 0.3) is 0 Å². The van der Waals surface area contributed by atoms with Gasteiger partial charge in [-0.25, -0.2) is 4.98 Å². The van der Waals surface area contributed by atoms with Crippen molar-refractivity contribution in [3.8, 4) is 0 Å². The molecule has 0 aromatic carbocycles. The predicted molar refractivity (Wildman–Crippen MR) is 55.8 cm³/mol. The zero-order valence-electron chi connectivity index (χ0n) is 7.40. The summed E-state index contributed by atoms with van der Waals surface area (Å²) in [5.41, 5.74) is 0. The molecule has 0 amide bonds. The maximum atomic E-state index is 12.7. The van der Waals surface area contributed by atoms with E-state index in [9.17, 15) is 4.39 Å². The van der Waals surface area contributed by atoms with Gasteiger partial charge in [-0.3, -0.25) is 0 Å². The van der Waals surface area contributed by atoms with Crippen LogP contribution in [0.5, 0.6) is 0 Å². The minimum absolute atomic E-state index is 0.457. The van der Waals surface area contributed by atoms with E-state index in [1.807, 2.05) is 17.5 Å². The van der Waals surface area contributed by atoms with E-state index in [2.05, 4.69) is 10.3 Å². The largest absolute Gasteiger partial charge is 0.365 e. The summed E-state index contributed by atoms with van der Waals surface area (Å²) in [7, 11) is 0. The van der Waals surface area contributed by atoms with Gasteiger partial charge >= 0.3 is 0 Å². The van der Waals surface area contributed by atoms with E-state index in [1.165, 1.54) is 10.9 Å². The van der Waals surface area contributed by atoms with Crippen molar-refractivity contribution in [1.29, 1.82) is 0 Å². The van der Waals surface area contributed by atoms with Crippen LogP contribution in [0, 0.1) is 5.95 Å². The van der Waals surface area contributed by atoms with E-state index in [1.54, 1.807) is 23.5 Å². The Morgan fingerprint density at radius 1 is 1.29 bits per heavy atom. The van der Waals surface area contributed by atoms with E-state index < -0.39 is 5.95 Å². The molecule has 1 N–H and O–H groups in total. The number of rotatable bonds is 3. The summed E-state index contributed by atoms with van der Waals surface area (Å²) in [4.78, 5) is 4.90. The molecule has 0 saturated carbocycles. The molecule has 0 unspecified atom stereocenters. The van der Waals surface area contributed by atoms with E-state index in [0.717, 1.165) is 0 Å². The van der Waals surface area contributed by atoms with Gasteiger partial charge < -0.3 is 5.32 Å². The summed E-state index contributed by atoms with van der Waals surface area (Å²) in [6.07, 6.45) is 0. The van der Waals surface area contributed by atoms with Crippen molar-refractivity contribution in [1.82, 2.24) is 4.98 Å². The van der Waals surface area contributed by atoms with Crippen molar-refractivity contribution in [3.63, 3.8) is 0 Å². The van der Waals surface area contributed by atoms with Gasteiger partial charge in [0.1, 0.15) is 5.82 Å². The van der Waals surface area contributed by atoms with Crippen LogP contribution >= 0.6 is 11.3 Å². The topological polar surface area (TPSA) is 24.9 Å². The lowest BCUT2D eigenvalue weighted by atomic mass is 10.4. The minimum Gasteiger partial charge on any atom is -0.365 e. The molecule has 0 bridgehead atoms. The van der Waals surface area contributed by atoms with Crippen molar-refractivity contribution in [3.05, 3.63) is 46.5 Å². The molecule has 0 aliphatic heterocycles. The molecule has 14 heavy (non-hydrogen) atoms. The van der Waals surface area contributed by atoms with E-state index in [0.29, 0.717) is 12.4 Å². The first-order valence-electron chi connectivity index (χ1n) is 4.23. The van der Waals surface area contributed by atoms with Gasteiger partial charge in [0.25, 0.3) is 0 Å². The monoisotopic (exact) mass is 208 g/mol. The average Bonchev–Trinajstić information content (AvgIpc) is 2.67. The second kappa shape index (κ2) is 4.19. The quantitative estimate of drug-likeness (QED) is 0.784. The Balaban J connectivity index is 1.98. The average molecular weight is 208 g/mol. The predicted octanol–water partition coefficient (Wildman–Crippen LogP) is 2.89. The SMILES string of the molecule is Fc1cccc(NCc2cccs2)n1. The number of aromatic nitrogens is 1. The standard InChI is InChI=1S/C10H9FN2S/c11-9-4-1-5-10(13-9)12-7-8-3-2-6-14-8/h1-6H,7H2,(H,12,13). The molecule has 0 fully saturated rings. The lowest BCUT2D eigenvalue weighted by Crippen LogP contribution is -2.00. The van der Waals surface area contributed by atoms with Crippen LogP contribution in [-0.4, -0.2) is 4.98 Å². The number of nitrogens with one attached hydrogen (secondary N) is 1. The number of thiophene rings is 1. The summed E-state index contributed by atoms with van der Waals surface area (Å²) in [5, 5.41) is 5.06. The van der Waals surface area contributed by atoms with Crippen molar-refractivity contribution in [2.75, 3.05) is 5.32 Å². The number of nitrogens with zero attached hydrogens (tertiary/aromatic N) is 1. The van der Waals surface area contributed by atoms with Crippen molar-refractivity contribution >= 4 is 17.2 Å². The van der Waals surface area contributed by atoms with Crippen molar-refractivity contribution < 1.29 is 4.39 Å². The third kappa shape index (κ3) is 2.29. The first-order chi connectivity index (χ1) is 6.84. The molecule has 2 nitrogen and oxygen atoms in total. The number of hydrogen-bond acceptors (Lipinski definition) is 3. The second-order valence-electron chi connectivity index (χ2n) is 2.78. The van der Waals surface area contributed by atoms with Crippen LogP contribution < -0.4 is 5.32 Å². The van der Waals surface area contributed by atoms with Crippen molar-refractivity contribution in [2.45, 2.75) is 6.54 Å². The molecule has 0 radical (unpaired) electrons. The summed E-state index contributed by atoms with van der Waals surface area (Å²) in [6.45, 7) is 0.689. The lowest BCUT2D eigenvalue weighted by Gasteiger charge is -2.02. The normalized spacial score (nSPS) is 10.1. The molecule has 0 saturated heterocycles. The highest BCUT2D eigenvalue weighted by atomic mass is 32.1. The smallest absolute Gasteiger partial charge is 0.214 e. The summed E-state index contributed by atoms with van der Waals surface area (Å²) >= 11 is 1.66. The first kappa shape index (κ1) is 9.15. The van der Waals surface area contributed by atoms with Crippen LogP contribution in [-0.2, 0) is 6.54 Å². The molecule has 72 valence electrons. The zero-order chi connectivity index (χ0) is 9.80. The highest BCUT2D eigenvalue weighted by molar-refractivity contribution is 7.09. The summed E-state index contributed by atoms with van der Waals surface area (Å²) in [5.74, 6) is 0.111. The fourth-order valence-electron chi connectivity index (χ4n) is 1.10. The van der Waals surface area contributed by atoms with E-state index in [4.69, 9.17) is 0 Å². The van der Waals surface area contributed by atoms with Crippen LogP contribution in [0.4, 0.5) is 10.2 Å². The number of hydrogen-bond donors (Lipinski definition) is 1. The van der Waals surface area contributed by atoms with Crippen LogP contribution in [0.2, 0.25) is 0 Å². The molecule has 2 rings (SSSR count). The molecule has 0 aliphatic rings. The van der Waals surface area contributed by atoms with Gasteiger partial charge in [-0.15, -0.1) is 11.3 Å². The molecule has 2 aromatic rings. The Bertz CT molecular complexity index is 400. The minimum atomic E-state index is -0.457. The number of halogens is 1. The molecule has 4 heteroatoms. The molecular formula is C10H9FN2S. The van der Waals surface area contributed by atoms with Gasteiger partial charge in [0, 0.05) is 4.88 Å². The Kier molecular flexibility index (Phi) is 2.74. The molecule has 2 heterocycles. The van der Waals surface area contributed by atoms with Gasteiger partial charge in [0.15, 0.2) is 0 Å². The fourth-order valence-corrected chi connectivity index (χ4v) is 1.74. The Hall–Kier alpha value is -1.42.